The molecule has 0 unspecified atom stereocenters. The van der Waals surface area contributed by atoms with Gasteiger partial charge in [-0.25, -0.2) is 4.79 Å². The first kappa shape index (κ1) is 12.6. The van der Waals surface area contributed by atoms with Gasteiger partial charge >= 0.3 is 5.97 Å². The van der Waals surface area contributed by atoms with Crippen molar-refractivity contribution in [3.63, 3.8) is 0 Å². The van der Waals surface area contributed by atoms with E-state index in [1.807, 2.05) is 20.8 Å². The van der Waals surface area contributed by atoms with Crippen molar-refractivity contribution < 1.29 is 9.53 Å². The number of rotatable bonds is 4. The minimum Gasteiger partial charge on any atom is -0.459 e. The second kappa shape index (κ2) is 5.54. The molecule has 0 saturated heterocycles. The monoisotopic (exact) mass is 221 g/mol. The minimum absolute atomic E-state index is 0.00618. The Hall–Kier alpha value is -1.51. The second-order valence-corrected chi connectivity index (χ2v) is 3.86. The third-order valence-electron chi connectivity index (χ3n) is 2.78. The van der Waals surface area contributed by atoms with Crippen LogP contribution >= 0.6 is 0 Å². The molecule has 0 aliphatic heterocycles. The summed E-state index contributed by atoms with van der Waals surface area (Å²) in [7, 11) is 0. The van der Waals surface area contributed by atoms with Crippen LogP contribution in [0.15, 0.2) is 18.2 Å². The summed E-state index contributed by atoms with van der Waals surface area (Å²) in [6.45, 7) is 5.85. The molecule has 1 aromatic carbocycles. The second-order valence-electron chi connectivity index (χ2n) is 3.86. The maximum Gasteiger partial charge on any atom is 0.338 e. The fraction of sp³-hybridized carbons (Fsp3) is 0.462. The lowest BCUT2D eigenvalue weighted by Crippen LogP contribution is -2.17. The number of nitrogens with two attached hydrogens (primary N) is 1. The zero-order valence-electron chi connectivity index (χ0n) is 10.1. The molecule has 1 rings (SSSR count). The largest absolute Gasteiger partial charge is 0.459 e. The van der Waals surface area contributed by atoms with Crippen LogP contribution in [-0.2, 0) is 4.74 Å². The number of ether oxygens (including phenoxy) is 1. The highest BCUT2D eigenvalue weighted by atomic mass is 16.5. The van der Waals surface area contributed by atoms with Crippen molar-refractivity contribution in [2.45, 2.75) is 39.7 Å². The summed E-state index contributed by atoms with van der Waals surface area (Å²) in [5.74, 6) is -0.279. The third-order valence-corrected chi connectivity index (χ3v) is 2.78. The highest BCUT2D eigenvalue weighted by Gasteiger charge is 2.15. The molecule has 0 aliphatic carbocycles. The van der Waals surface area contributed by atoms with Crippen LogP contribution in [0.4, 0.5) is 5.69 Å². The van der Waals surface area contributed by atoms with E-state index in [1.165, 1.54) is 0 Å². The number of benzene rings is 1. The van der Waals surface area contributed by atoms with Gasteiger partial charge in [-0.2, -0.15) is 0 Å². The Morgan fingerprint density at radius 1 is 1.38 bits per heavy atom. The molecule has 3 heteroatoms. The number of hydrogen-bond acceptors (Lipinski definition) is 3. The van der Waals surface area contributed by atoms with Gasteiger partial charge < -0.3 is 10.5 Å². The number of hydrogen-bond donors (Lipinski definition) is 1. The molecule has 0 radical (unpaired) electrons. The van der Waals surface area contributed by atoms with Crippen LogP contribution in [0.3, 0.4) is 0 Å². The lowest BCUT2D eigenvalue weighted by atomic mass is 10.1. The summed E-state index contributed by atoms with van der Waals surface area (Å²) < 4.78 is 5.38. The van der Waals surface area contributed by atoms with E-state index in [0.717, 1.165) is 18.4 Å². The normalized spacial score (nSPS) is 10.5. The predicted octanol–water partition coefficient (Wildman–Crippen LogP) is 2.92. The molecule has 88 valence electrons. The quantitative estimate of drug-likeness (QED) is 0.628. The number of esters is 1. The first-order valence-electron chi connectivity index (χ1n) is 5.66. The molecule has 0 fully saturated rings. The highest BCUT2D eigenvalue weighted by molar-refractivity contribution is 5.92. The van der Waals surface area contributed by atoms with Gasteiger partial charge in [0.25, 0.3) is 0 Å². The maximum atomic E-state index is 11.9. The molecule has 0 aromatic heterocycles. The van der Waals surface area contributed by atoms with Gasteiger partial charge in [0.2, 0.25) is 0 Å². The number of carbonyl (C=O) groups is 1. The summed E-state index contributed by atoms with van der Waals surface area (Å²) in [6, 6.07) is 5.30. The zero-order chi connectivity index (χ0) is 12.1. The van der Waals surface area contributed by atoms with Crippen LogP contribution in [0.2, 0.25) is 0 Å². The van der Waals surface area contributed by atoms with Crippen LogP contribution in [0.25, 0.3) is 0 Å². The molecular formula is C13H19NO2. The Kier molecular flexibility index (Phi) is 4.35. The van der Waals surface area contributed by atoms with Gasteiger partial charge in [-0.05, 0) is 37.5 Å². The van der Waals surface area contributed by atoms with Gasteiger partial charge in [-0.3, -0.25) is 0 Å². The van der Waals surface area contributed by atoms with Crippen molar-refractivity contribution >= 4 is 11.7 Å². The molecule has 0 spiro atoms. The summed E-state index contributed by atoms with van der Waals surface area (Å²) >= 11 is 0. The predicted molar refractivity (Wildman–Crippen MR) is 65.4 cm³/mol. The van der Waals surface area contributed by atoms with Crippen molar-refractivity contribution in [2.75, 3.05) is 5.73 Å². The molecule has 1 aromatic rings. The Bertz CT molecular complexity index is 370. The van der Waals surface area contributed by atoms with Gasteiger partial charge in [0.1, 0.15) is 6.10 Å². The van der Waals surface area contributed by atoms with E-state index in [0.29, 0.717) is 11.3 Å². The van der Waals surface area contributed by atoms with E-state index in [1.54, 1.807) is 18.2 Å². The Morgan fingerprint density at radius 2 is 2.00 bits per heavy atom. The molecule has 0 bridgehead atoms. The number of anilines is 1. The van der Waals surface area contributed by atoms with Crippen molar-refractivity contribution in [1.82, 2.24) is 0 Å². The van der Waals surface area contributed by atoms with Crippen LogP contribution < -0.4 is 5.73 Å². The SMILES string of the molecule is CCC(CC)OC(=O)c1cccc(N)c1C. The molecule has 0 amide bonds. The smallest absolute Gasteiger partial charge is 0.338 e. The van der Waals surface area contributed by atoms with E-state index in [9.17, 15) is 4.79 Å². The molecular weight excluding hydrogens is 202 g/mol. The number of carbonyl (C=O) groups excluding carboxylic acids is 1. The van der Waals surface area contributed by atoms with Gasteiger partial charge in [0.15, 0.2) is 0 Å². The summed E-state index contributed by atoms with van der Waals surface area (Å²) in [6.07, 6.45) is 1.67. The number of nitrogen functional groups attached to an aromatic ring is 1. The first-order valence-corrected chi connectivity index (χ1v) is 5.66. The standard InChI is InChI=1S/C13H19NO2/c1-4-10(5-2)16-13(15)11-7-6-8-12(14)9(11)3/h6-8,10H,4-5,14H2,1-3H3. The van der Waals surface area contributed by atoms with E-state index >= 15 is 0 Å². The molecule has 16 heavy (non-hydrogen) atoms. The maximum absolute atomic E-state index is 11.9. The van der Waals surface area contributed by atoms with Crippen molar-refractivity contribution in [3.05, 3.63) is 29.3 Å². The zero-order valence-corrected chi connectivity index (χ0v) is 10.1. The lowest BCUT2D eigenvalue weighted by Gasteiger charge is -2.15. The molecule has 0 saturated carbocycles. The first-order chi connectivity index (χ1) is 7.60. The average Bonchev–Trinajstić information content (AvgIpc) is 2.29. The van der Waals surface area contributed by atoms with Gasteiger partial charge in [0.05, 0.1) is 5.56 Å². The molecule has 2 N–H and O–H groups in total. The van der Waals surface area contributed by atoms with E-state index < -0.39 is 0 Å². The van der Waals surface area contributed by atoms with Crippen LogP contribution in [-0.4, -0.2) is 12.1 Å². The van der Waals surface area contributed by atoms with Crippen molar-refractivity contribution in [1.29, 1.82) is 0 Å². The highest BCUT2D eigenvalue weighted by Crippen LogP contribution is 2.17. The third kappa shape index (κ3) is 2.75. The fourth-order valence-electron chi connectivity index (χ4n) is 1.54. The minimum atomic E-state index is -0.279. The van der Waals surface area contributed by atoms with Crippen molar-refractivity contribution in [3.8, 4) is 0 Å². The van der Waals surface area contributed by atoms with Gasteiger partial charge in [-0.1, -0.05) is 19.9 Å². The fourth-order valence-corrected chi connectivity index (χ4v) is 1.54. The van der Waals surface area contributed by atoms with E-state index in [4.69, 9.17) is 10.5 Å². The molecule has 3 nitrogen and oxygen atoms in total. The van der Waals surface area contributed by atoms with Crippen LogP contribution in [0.5, 0.6) is 0 Å². The van der Waals surface area contributed by atoms with Crippen LogP contribution in [0.1, 0.15) is 42.6 Å². The summed E-state index contributed by atoms with van der Waals surface area (Å²) in [5.41, 5.74) is 7.72. The van der Waals surface area contributed by atoms with E-state index in [-0.39, 0.29) is 12.1 Å². The molecule has 0 aliphatic rings. The lowest BCUT2D eigenvalue weighted by molar-refractivity contribution is 0.0283. The summed E-state index contributed by atoms with van der Waals surface area (Å²) in [4.78, 5) is 11.9. The molecule has 0 heterocycles. The Labute approximate surface area is 96.6 Å². The van der Waals surface area contributed by atoms with Crippen LogP contribution in [0, 0.1) is 6.92 Å². The van der Waals surface area contributed by atoms with Gasteiger partial charge in [0, 0.05) is 5.69 Å². The van der Waals surface area contributed by atoms with E-state index in [2.05, 4.69) is 0 Å². The Morgan fingerprint density at radius 3 is 2.56 bits per heavy atom. The molecule has 0 atom stereocenters. The van der Waals surface area contributed by atoms with Gasteiger partial charge in [-0.15, -0.1) is 0 Å². The topological polar surface area (TPSA) is 52.3 Å². The summed E-state index contributed by atoms with van der Waals surface area (Å²) in [5, 5.41) is 0. The van der Waals surface area contributed by atoms with Crippen molar-refractivity contribution in [2.24, 2.45) is 0 Å². The average molecular weight is 221 g/mol. The Balaban J connectivity index is 2.84.